The van der Waals surface area contributed by atoms with Gasteiger partial charge in [-0.25, -0.2) is 4.98 Å². The van der Waals surface area contributed by atoms with Crippen LogP contribution in [0.2, 0.25) is 5.02 Å². The van der Waals surface area contributed by atoms with Gasteiger partial charge in [0.2, 0.25) is 0 Å². The van der Waals surface area contributed by atoms with Crippen molar-refractivity contribution in [1.29, 1.82) is 0 Å². The number of thiazole rings is 1. The van der Waals surface area contributed by atoms with E-state index in [4.69, 9.17) is 11.6 Å². The molecule has 1 aromatic heterocycles. The molecule has 0 saturated carbocycles. The normalized spacial score (nSPS) is 10.7. The molecule has 5 heteroatoms. The van der Waals surface area contributed by atoms with Gasteiger partial charge in [0, 0.05) is 22.4 Å². The Balaban J connectivity index is 1.84. The molecular weight excluding hydrogens is 306 g/mol. The molecule has 0 aliphatic carbocycles. The first kappa shape index (κ1) is 13.9. The van der Waals surface area contributed by atoms with E-state index >= 15 is 0 Å². The number of aromatic nitrogens is 1. The van der Waals surface area contributed by atoms with Crippen LogP contribution in [0.1, 0.15) is 10.6 Å². The van der Waals surface area contributed by atoms with Gasteiger partial charge in [0.1, 0.15) is 0 Å². The summed E-state index contributed by atoms with van der Waals surface area (Å²) in [5, 5.41) is 22.5. The molecule has 3 aromatic rings. The fraction of sp³-hybridized carbons (Fsp3) is 0.0625. The highest BCUT2D eigenvalue weighted by Gasteiger charge is 2.08. The molecule has 0 atom stereocenters. The maximum atomic E-state index is 9.54. The molecule has 0 bridgehead atoms. The Morgan fingerprint density at radius 2 is 1.90 bits per heavy atom. The van der Waals surface area contributed by atoms with Crippen molar-refractivity contribution >= 4 is 22.9 Å². The van der Waals surface area contributed by atoms with Crippen molar-refractivity contribution in [3.05, 3.63) is 63.4 Å². The summed E-state index contributed by atoms with van der Waals surface area (Å²) < 4.78 is 0. The summed E-state index contributed by atoms with van der Waals surface area (Å²) in [6, 6.07) is 12.4. The van der Waals surface area contributed by atoms with Crippen molar-refractivity contribution in [2.24, 2.45) is 0 Å². The second-order valence-electron chi connectivity index (χ2n) is 4.64. The van der Waals surface area contributed by atoms with E-state index in [0.29, 0.717) is 5.02 Å². The van der Waals surface area contributed by atoms with Crippen LogP contribution in [0.25, 0.3) is 11.3 Å². The Kier molecular flexibility index (Phi) is 3.82. The molecule has 3 rings (SSSR count). The molecule has 1 heterocycles. The summed E-state index contributed by atoms with van der Waals surface area (Å²) in [6.45, 7) is 0. The third kappa shape index (κ3) is 3.17. The lowest BCUT2D eigenvalue weighted by molar-refractivity contribution is 0.404. The number of hydrogen-bond acceptors (Lipinski definition) is 4. The Morgan fingerprint density at radius 3 is 2.67 bits per heavy atom. The zero-order valence-corrected chi connectivity index (χ0v) is 12.5. The SMILES string of the molecule is Oc1ccc(-c2csc(Cc3cccc(Cl)c3)n2)cc1O. The average molecular weight is 318 g/mol. The molecule has 0 aliphatic rings. The van der Waals surface area contributed by atoms with Crippen LogP contribution in [0.3, 0.4) is 0 Å². The molecule has 21 heavy (non-hydrogen) atoms. The van der Waals surface area contributed by atoms with Crippen LogP contribution in [0.4, 0.5) is 0 Å². The molecule has 0 fully saturated rings. The first-order valence-electron chi connectivity index (χ1n) is 6.33. The zero-order chi connectivity index (χ0) is 14.8. The van der Waals surface area contributed by atoms with E-state index in [2.05, 4.69) is 4.98 Å². The fourth-order valence-corrected chi connectivity index (χ4v) is 3.08. The minimum Gasteiger partial charge on any atom is -0.504 e. The molecule has 0 unspecified atom stereocenters. The number of phenolic OH excluding ortho intramolecular Hbond substituents is 2. The smallest absolute Gasteiger partial charge is 0.158 e. The van der Waals surface area contributed by atoms with Crippen LogP contribution in [0, 0.1) is 0 Å². The number of phenols is 2. The van der Waals surface area contributed by atoms with E-state index < -0.39 is 0 Å². The quantitative estimate of drug-likeness (QED) is 0.701. The minimum atomic E-state index is -0.142. The summed E-state index contributed by atoms with van der Waals surface area (Å²) in [5.74, 6) is -0.273. The maximum Gasteiger partial charge on any atom is 0.158 e. The Labute approximate surface area is 131 Å². The summed E-state index contributed by atoms with van der Waals surface area (Å²) in [4.78, 5) is 4.56. The van der Waals surface area contributed by atoms with E-state index in [0.717, 1.165) is 28.2 Å². The van der Waals surface area contributed by atoms with Crippen molar-refractivity contribution < 1.29 is 10.2 Å². The van der Waals surface area contributed by atoms with Crippen molar-refractivity contribution in [3.63, 3.8) is 0 Å². The lowest BCUT2D eigenvalue weighted by Gasteiger charge is -2.01. The van der Waals surface area contributed by atoms with Crippen LogP contribution < -0.4 is 0 Å². The average Bonchev–Trinajstić information content (AvgIpc) is 2.90. The van der Waals surface area contributed by atoms with Crippen LogP contribution >= 0.6 is 22.9 Å². The summed E-state index contributed by atoms with van der Waals surface area (Å²) in [7, 11) is 0. The van der Waals surface area contributed by atoms with Gasteiger partial charge in [-0.15, -0.1) is 11.3 Å². The van der Waals surface area contributed by atoms with Crippen molar-refractivity contribution in [1.82, 2.24) is 4.98 Å². The van der Waals surface area contributed by atoms with E-state index in [1.165, 1.54) is 12.1 Å². The highest BCUT2D eigenvalue weighted by atomic mass is 35.5. The van der Waals surface area contributed by atoms with E-state index in [1.807, 2.05) is 29.6 Å². The molecule has 2 N–H and O–H groups in total. The summed E-state index contributed by atoms with van der Waals surface area (Å²) in [5.41, 5.74) is 2.67. The molecule has 106 valence electrons. The van der Waals surface area contributed by atoms with Gasteiger partial charge < -0.3 is 10.2 Å². The molecule has 2 aromatic carbocycles. The molecule has 0 aliphatic heterocycles. The van der Waals surface area contributed by atoms with Crippen LogP contribution in [-0.4, -0.2) is 15.2 Å². The van der Waals surface area contributed by atoms with Crippen LogP contribution in [0.15, 0.2) is 47.8 Å². The second kappa shape index (κ2) is 5.76. The van der Waals surface area contributed by atoms with Gasteiger partial charge in [0.15, 0.2) is 11.5 Å². The van der Waals surface area contributed by atoms with Crippen molar-refractivity contribution in [3.8, 4) is 22.8 Å². The highest BCUT2D eigenvalue weighted by Crippen LogP contribution is 2.31. The van der Waals surface area contributed by atoms with Crippen molar-refractivity contribution in [2.75, 3.05) is 0 Å². The molecular formula is C16H12ClNO2S. The third-order valence-electron chi connectivity index (χ3n) is 3.07. The van der Waals surface area contributed by atoms with Gasteiger partial charge in [-0.3, -0.25) is 0 Å². The first-order chi connectivity index (χ1) is 10.1. The number of nitrogens with zero attached hydrogens (tertiary/aromatic N) is 1. The van der Waals surface area contributed by atoms with Crippen LogP contribution in [-0.2, 0) is 6.42 Å². The summed E-state index contributed by atoms with van der Waals surface area (Å²) in [6.07, 6.45) is 0.718. The molecule has 3 nitrogen and oxygen atoms in total. The minimum absolute atomic E-state index is 0.131. The van der Waals surface area contributed by atoms with E-state index in [9.17, 15) is 10.2 Å². The number of halogens is 1. The Hall–Kier alpha value is -2.04. The van der Waals surface area contributed by atoms with Gasteiger partial charge >= 0.3 is 0 Å². The Bertz CT molecular complexity index is 785. The zero-order valence-electron chi connectivity index (χ0n) is 11.0. The number of hydrogen-bond donors (Lipinski definition) is 2. The maximum absolute atomic E-state index is 9.54. The predicted molar refractivity (Wildman–Crippen MR) is 85.1 cm³/mol. The van der Waals surface area contributed by atoms with Gasteiger partial charge in [0.05, 0.1) is 10.7 Å². The number of rotatable bonds is 3. The largest absolute Gasteiger partial charge is 0.504 e. The van der Waals surface area contributed by atoms with Crippen molar-refractivity contribution in [2.45, 2.75) is 6.42 Å². The highest BCUT2D eigenvalue weighted by molar-refractivity contribution is 7.10. The second-order valence-corrected chi connectivity index (χ2v) is 6.02. The molecule has 0 saturated heterocycles. The van der Waals surface area contributed by atoms with Gasteiger partial charge in [-0.05, 0) is 35.9 Å². The Morgan fingerprint density at radius 1 is 1.05 bits per heavy atom. The van der Waals surface area contributed by atoms with Gasteiger partial charge in [-0.2, -0.15) is 0 Å². The standard InChI is InChI=1S/C16H12ClNO2S/c17-12-3-1-2-10(6-12)7-16-18-13(9-21-16)11-4-5-14(19)15(20)8-11/h1-6,8-9,19-20H,7H2. The first-order valence-corrected chi connectivity index (χ1v) is 7.59. The lowest BCUT2D eigenvalue weighted by atomic mass is 10.1. The third-order valence-corrected chi connectivity index (χ3v) is 4.15. The van der Waals surface area contributed by atoms with E-state index in [1.54, 1.807) is 17.4 Å². The van der Waals surface area contributed by atoms with Gasteiger partial charge in [-0.1, -0.05) is 23.7 Å². The number of aromatic hydroxyl groups is 2. The monoisotopic (exact) mass is 317 g/mol. The lowest BCUT2D eigenvalue weighted by Crippen LogP contribution is -1.87. The van der Waals surface area contributed by atoms with E-state index in [-0.39, 0.29) is 11.5 Å². The topological polar surface area (TPSA) is 53.4 Å². The molecule has 0 radical (unpaired) electrons. The molecule has 0 spiro atoms. The predicted octanol–water partition coefficient (Wildman–Crippen LogP) is 4.47. The number of benzene rings is 2. The van der Waals surface area contributed by atoms with Crippen LogP contribution in [0.5, 0.6) is 11.5 Å². The summed E-state index contributed by atoms with van der Waals surface area (Å²) >= 11 is 7.53. The fourth-order valence-electron chi connectivity index (χ4n) is 2.03. The molecule has 0 amide bonds. The van der Waals surface area contributed by atoms with Gasteiger partial charge in [0.25, 0.3) is 0 Å².